The zero-order chi connectivity index (χ0) is 16.8. The molecule has 2 heterocycles. The summed E-state index contributed by atoms with van der Waals surface area (Å²) in [7, 11) is 0. The highest BCUT2D eigenvalue weighted by Crippen LogP contribution is 2.17. The Labute approximate surface area is 142 Å². The van der Waals surface area contributed by atoms with Crippen molar-refractivity contribution in [1.82, 2.24) is 14.5 Å². The number of hydrogen-bond donors (Lipinski definition) is 1. The van der Waals surface area contributed by atoms with Gasteiger partial charge in [-0.2, -0.15) is 0 Å². The molecule has 0 saturated heterocycles. The maximum atomic E-state index is 5.77. The normalized spacial score (nSPS) is 11.1. The van der Waals surface area contributed by atoms with Crippen LogP contribution < -0.4 is 10.5 Å². The van der Waals surface area contributed by atoms with Crippen molar-refractivity contribution in [3.05, 3.63) is 54.0 Å². The number of ether oxygens (including phenoxy) is 1. The first-order chi connectivity index (χ1) is 11.8. The standard InChI is InChI=1S/C19H24N4O/c1-15-13-17-19(21-14-15)23(11-6-10-20)18(22-17)9-5-12-24-16-7-3-2-4-8-16/h2-4,7-8,13-14H,5-6,9-12,20H2,1H3. The van der Waals surface area contributed by atoms with Gasteiger partial charge in [-0.05, 0) is 50.1 Å². The van der Waals surface area contributed by atoms with Gasteiger partial charge in [0.1, 0.15) is 17.1 Å². The summed E-state index contributed by atoms with van der Waals surface area (Å²) >= 11 is 0. The van der Waals surface area contributed by atoms with E-state index in [1.165, 1.54) is 0 Å². The van der Waals surface area contributed by atoms with E-state index in [9.17, 15) is 0 Å². The Morgan fingerprint density at radius 2 is 2.00 bits per heavy atom. The van der Waals surface area contributed by atoms with Gasteiger partial charge in [-0.25, -0.2) is 9.97 Å². The average Bonchev–Trinajstić information content (AvgIpc) is 2.94. The molecule has 3 aromatic rings. The van der Waals surface area contributed by atoms with Gasteiger partial charge in [0.2, 0.25) is 0 Å². The molecule has 0 fully saturated rings. The molecule has 0 amide bonds. The van der Waals surface area contributed by atoms with Crippen molar-refractivity contribution in [2.24, 2.45) is 5.73 Å². The Balaban J connectivity index is 1.68. The van der Waals surface area contributed by atoms with Crippen molar-refractivity contribution in [1.29, 1.82) is 0 Å². The lowest BCUT2D eigenvalue weighted by Crippen LogP contribution is -2.10. The number of fused-ring (bicyclic) bond motifs is 1. The Bertz CT molecular complexity index is 783. The highest BCUT2D eigenvalue weighted by molar-refractivity contribution is 5.72. The van der Waals surface area contributed by atoms with Gasteiger partial charge in [-0.15, -0.1) is 0 Å². The van der Waals surface area contributed by atoms with Crippen molar-refractivity contribution in [3.63, 3.8) is 0 Å². The van der Waals surface area contributed by atoms with E-state index < -0.39 is 0 Å². The molecule has 0 saturated carbocycles. The number of aryl methyl sites for hydroxylation is 3. The van der Waals surface area contributed by atoms with Crippen LogP contribution in [-0.4, -0.2) is 27.7 Å². The summed E-state index contributed by atoms with van der Waals surface area (Å²) in [5, 5.41) is 0. The smallest absolute Gasteiger partial charge is 0.160 e. The summed E-state index contributed by atoms with van der Waals surface area (Å²) in [6.45, 7) is 4.25. The predicted molar refractivity (Wildman–Crippen MR) is 96.2 cm³/mol. The molecule has 0 spiro atoms. The zero-order valence-corrected chi connectivity index (χ0v) is 14.1. The van der Waals surface area contributed by atoms with E-state index in [2.05, 4.69) is 15.6 Å². The number of imidazole rings is 1. The Kier molecular flexibility index (Phi) is 5.43. The SMILES string of the molecule is Cc1cnc2c(c1)nc(CCCOc1ccccc1)n2CCCN. The van der Waals surface area contributed by atoms with Gasteiger partial charge in [0, 0.05) is 19.2 Å². The van der Waals surface area contributed by atoms with Crippen LogP contribution in [-0.2, 0) is 13.0 Å². The molecule has 1 aromatic carbocycles. The van der Waals surface area contributed by atoms with Gasteiger partial charge in [0.05, 0.1) is 6.61 Å². The first-order valence-corrected chi connectivity index (χ1v) is 8.47. The number of nitrogens with zero attached hydrogens (tertiary/aromatic N) is 3. The van der Waals surface area contributed by atoms with Crippen LogP contribution >= 0.6 is 0 Å². The van der Waals surface area contributed by atoms with Gasteiger partial charge >= 0.3 is 0 Å². The van der Waals surface area contributed by atoms with Crippen LogP contribution in [0.2, 0.25) is 0 Å². The fourth-order valence-corrected chi connectivity index (χ4v) is 2.77. The molecule has 5 heteroatoms. The second-order valence-corrected chi connectivity index (χ2v) is 5.94. The lowest BCUT2D eigenvalue weighted by molar-refractivity contribution is 0.309. The van der Waals surface area contributed by atoms with Crippen LogP contribution in [0.3, 0.4) is 0 Å². The molecule has 2 aromatic heterocycles. The van der Waals surface area contributed by atoms with Crippen molar-refractivity contribution in [2.75, 3.05) is 13.2 Å². The molecule has 0 unspecified atom stereocenters. The third-order valence-corrected chi connectivity index (χ3v) is 3.94. The number of benzene rings is 1. The van der Waals surface area contributed by atoms with Gasteiger partial charge < -0.3 is 15.0 Å². The minimum atomic E-state index is 0.669. The molecule has 126 valence electrons. The molecular weight excluding hydrogens is 300 g/mol. The molecule has 3 rings (SSSR count). The minimum Gasteiger partial charge on any atom is -0.494 e. The molecule has 0 aliphatic heterocycles. The van der Waals surface area contributed by atoms with E-state index in [0.29, 0.717) is 13.2 Å². The van der Waals surface area contributed by atoms with Gasteiger partial charge in [-0.1, -0.05) is 18.2 Å². The second-order valence-electron chi connectivity index (χ2n) is 5.94. The molecule has 0 aliphatic rings. The van der Waals surface area contributed by atoms with Crippen LogP contribution in [0.1, 0.15) is 24.2 Å². The first-order valence-electron chi connectivity index (χ1n) is 8.47. The van der Waals surface area contributed by atoms with Crippen LogP contribution in [0.15, 0.2) is 42.6 Å². The van der Waals surface area contributed by atoms with E-state index >= 15 is 0 Å². The summed E-state index contributed by atoms with van der Waals surface area (Å²) in [6, 6.07) is 12.0. The minimum absolute atomic E-state index is 0.669. The number of nitrogens with two attached hydrogens (primary N) is 1. The summed E-state index contributed by atoms with van der Waals surface area (Å²) in [5.74, 6) is 1.97. The summed E-state index contributed by atoms with van der Waals surface area (Å²) in [6.07, 6.45) is 4.60. The number of pyridine rings is 1. The third-order valence-electron chi connectivity index (χ3n) is 3.94. The van der Waals surface area contributed by atoms with E-state index in [1.807, 2.05) is 43.5 Å². The zero-order valence-electron chi connectivity index (χ0n) is 14.1. The Morgan fingerprint density at radius 3 is 2.79 bits per heavy atom. The number of para-hydroxylation sites is 1. The van der Waals surface area contributed by atoms with Crippen LogP contribution in [0.5, 0.6) is 5.75 Å². The maximum absolute atomic E-state index is 5.77. The van der Waals surface area contributed by atoms with Crippen LogP contribution in [0, 0.1) is 6.92 Å². The number of rotatable bonds is 8. The number of hydrogen-bond acceptors (Lipinski definition) is 4. The molecular formula is C19H24N4O. The van der Waals surface area contributed by atoms with Gasteiger partial charge in [0.15, 0.2) is 5.65 Å². The lowest BCUT2D eigenvalue weighted by atomic mass is 10.3. The van der Waals surface area contributed by atoms with Crippen molar-refractivity contribution < 1.29 is 4.74 Å². The summed E-state index contributed by atoms with van der Waals surface area (Å²) in [4.78, 5) is 9.33. The maximum Gasteiger partial charge on any atom is 0.160 e. The number of aromatic nitrogens is 3. The second kappa shape index (κ2) is 7.93. The van der Waals surface area contributed by atoms with E-state index in [0.717, 1.165) is 54.1 Å². The first kappa shape index (κ1) is 16.5. The van der Waals surface area contributed by atoms with E-state index in [4.69, 9.17) is 15.5 Å². The lowest BCUT2D eigenvalue weighted by Gasteiger charge is -2.09. The van der Waals surface area contributed by atoms with Crippen molar-refractivity contribution >= 4 is 11.2 Å². The molecule has 24 heavy (non-hydrogen) atoms. The molecule has 5 nitrogen and oxygen atoms in total. The third kappa shape index (κ3) is 3.92. The Hall–Kier alpha value is -2.40. The largest absolute Gasteiger partial charge is 0.494 e. The quantitative estimate of drug-likeness (QED) is 0.647. The van der Waals surface area contributed by atoms with Gasteiger partial charge in [0.25, 0.3) is 0 Å². The Morgan fingerprint density at radius 1 is 1.17 bits per heavy atom. The highest BCUT2D eigenvalue weighted by atomic mass is 16.5. The summed E-state index contributed by atoms with van der Waals surface area (Å²) in [5.41, 5.74) is 8.72. The predicted octanol–water partition coefficient (Wildman–Crippen LogP) is 3.10. The van der Waals surface area contributed by atoms with E-state index in [1.54, 1.807) is 0 Å². The topological polar surface area (TPSA) is 66.0 Å². The highest BCUT2D eigenvalue weighted by Gasteiger charge is 2.11. The average molecular weight is 324 g/mol. The fourth-order valence-electron chi connectivity index (χ4n) is 2.77. The molecule has 0 bridgehead atoms. The molecule has 0 aliphatic carbocycles. The molecule has 2 N–H and O–H groups in total. The van der Waals surface area contributed by atoms with Gasteiger partial charge in [-0.3, -0.25) is 0 Å². The monoisotopic (exact) mass is 324 g/mol. The molecule has 0 radical (unpaired) electrons. The van der Waals surface area contributed by atoms with Crippen LogP contribution in [0.4, 0.5) is 0 Å². The summed E-state index contributed by atoms with van der Waals surface area (Å²) < 4.78 is 7.97. The molecule has 0 atom stereocenters. The fraction of sp³-hybridized carbons (Fsp3) is 0.368. The van der Waals surface area contributed by atoms with Crippen molar-refractivity contribution in [3.8, 4) is 5.75 Å². The van der Waals surface area contributed by atoms with E-state index in [-0.39, 0.29) is 0 Å². The van der Waals surface area contributed by atoms with Crippen molar-refractivity contribution in [2.45, 2.75) is 32.7 Å². The van der Waals surface area contributed by atoms with Crippen LogP contribution in [0.25, 0.3) is 11.2 Å².